The number of ether oxygens (including phenoxy) is 1. The number of rotatable bonds is 2. The molecule has 84 valence electrons. The van der Waals surface area contributed by atoms with Crippen LogP contribution in [0.4, 0.5) is 22.0 Å². The lowest BCUT2D eigenvalue weighted by atomic mass is 10.2. The first-order valence-electron chi connectivity index (χ1n) is 3.62. The second-order valence-electron chi connectivity index (χ2n) is 2.52. The van der Waals surface area contributed by atoms with Crippen LogP contribution >= 0.6 is 15.9 Å². The maximum absolute atomic E-state index is 12.2. The highest BCUT2D eigenvalue weighted by molar-refractivity contribution is 9.10. The van der Waals surface area contributed by atoms with Crippen molar-refractivity contribution in [3.05, 3.63) is 28.2 Å². The molecule has 1 rings (SSSR count). The van der Waals surface area contributed by atoms with Gasteiger partial charge in [-0.2, -0.15) is 22.0 Å². The summed E-state index contributed by atoms with van der Waals surface area (Å²) in [4.78, 5) is 0. The average Bonchev–Trinajstić information content (AvgIpc) is 2.06. The zero-order valence-corrected chi connectivity index (χ0v) is 8.57. The summed E-state index contributed by atoms with van der Waals surface area (Å²) in [6, 6.07) is 2.28. The van der Waals surface area contributed by atoms with Gasteiger partial charge in [0.15, 0.2) is 0 Å². The molecule has 0 saturated carbocycles. The van der Waals surface area contributed by atoms with E-state index in [1.807, 2.05) is 0 Å². The molecule has 0 aliphatic carbocycles. The van der Waals surface area contributed by atoms with E-state index >= 15 is 0 Å². The summed E-state index contributed by atoms with van der Waals surface area (Å²) < 4.78 is 64.1. The fourth-order valence-corrected chi connectivity index (χ4v) is 1.21. The highest BCUT2D eigenvalue weighted by atomic mass is 79.9. The number of hydrogen-bond donors (Lipinski definition) is 0. The van der Waals surface area contributed by atoms with Crippen molar-refractivity contribution in [2.75, 3.05) is 0 Å². The van der Waals surface area contributed by atoms with Crippen molar-refractivity contribution < 1.29 is 26.7 Å². The number of halogens is 6. The van der Waals surface area contributed by atoms with E-state index in [0.29, 0.717) is 6.07 Å². The fraction of sp³-hybridized carbons (Fsp3) is 0.250. The molecule has 1 nitrogen and oxygen atoms in total. The summed E-state index contributed by atoms with van der Waals surface area (Å²) in [7, 11) is 0. The van der Waals surface area contributed by atoms with E-state index in [2.05, 4.69) is 20.7 Å². The molecule has 0 bridgehead atoms. The van der Waals surface area contributed by atoms with Gasteiger partial charge in [-0.15, -0.1) is 0 Å². The highest BCUT2D eigenvalue weighted by Gasteiger charge is 2.31. The van der Waals surface area contributed by atoms with Crippen molar-refractivity contribution in [3.8, 4) is 5.75 Å². The van der Waals surface area contributed by atoms with Crippen LogP contribution in [0.5, 0.6) is 5.75 Å². The molecule has 0 atom stereocenters. The highest BCUT2D eigenvalue weighted by Crippen LogP contribution is 2.35. The van der Waals surface area contributed by atoms with Crippen molar-refractivity contribution in [2.24, 2.45) is 0 Å². The van der Waals surface area contributed by atoms with Gasteiger partial charge in [-0.25, -0.2) is 0 Å². The quantitative estimate of drug-likeness (QED) is 0.746. The maximum Gasteiger partial charge on any atom is 0.416 e. The summed E-state index contributed by atoms with van der Waals surface area (Å²) in [6.45, 7) is -3.16. The maximum atomic E-state index is 12.2. The predicted octanol–water partition coefficient (Wildman–Crippen LogP) is 4.07. The van der Waals surface area contributed by atoms with E-state index in [1.54, 1.807) is 0 Å². The lowest BCUT2D eigenvalue weighted by Gasteiger charge is -2.11. The molecular weight excluding hydrogens is 287 g/mol. The van der Waals surface area contributed by atoms with Gasteiger partial charge in [0.25, 0.3) is 0 Å². The number of benzene rings is 1. The zero-order valence-electron chi connectivity index (χ0n) is 6.99. The van der Waals surface area contributed by atoms with Gasteiger partial charge in [-0.3, -0.25) is 0 Å². The first-order valence-corrected chi connectivity index (χ1v) is 4.41. The van der Waals surface area contributed by atoms with Gasteiger partial charge in [-0.1, -0.05) is 0 Å². The fourth-order valence-electron chi connectivity index (χ4n) is 0.866. The summed E-state index contributed by atoms with van der Waals surface area (Å²) >= 11 is 2.80. The second-order valence-corrected chi connectivity index (χ2v) is 3.38. The van der Waals surface area contributed by atoms with Crippen molar-refractivity contribution in [1.29, 1.82) is 0 Å². The van der Waals surface area contributed by atoms with E-state index in [-0.39, 0.29) is 4.47 Å². The normalized spacial score (nSPS) is 11.9. The molecular formula is C8H4BrF5O. The molecule has 0 saturated heterocycles. The molecule has 0 spiro atoms. The Hall–Kier alpha value is -0.850. The topological polar surface area (TPSA) is 9.23 Å². The zero-order chi connectivity index (χ0) is 11.6. The molecule has 0 heterocycles. The Labute approximate surface area is 90.0 Å². The third-order valence-corrected chi connectivity index (χ3v) is 2.13. The van der Waals surface area contributed by atoms with E-state index in [4.69, 9.17) is 0 Å². The molecule has 7 heteroatoms. The van der Waals surface area contributed by atoms with Crippen molar-refractivity contribution in [3.63, 3.8) is 0 Å². The van der Waals surface area contributed by atoms with Crippen molar-refractivity contribution >= 4 is 15.9 Å². The molecule has 0 aliphatic heterocycles. The summed E-state index contributed by atoms with van der Waals surface area (Å²) in [5.41, 5.74) is -1.04. The van der Waals surface area contributed by atoms with Crippen molar-refractivity contribution in [2.45, 2.75) is 12.8 Å². The van der Waals surface area contributed by atoms with Crippen molar-refractivity contribution in [1.82, 2.24) is 0 Å². The van der Waals surface area contributed by atoms with E-state index in [1.165, 1.54) is 0 Å². The van der Waals surface area contributed by atoms with Crippen LogP contribution in [0.3, 0.4) is 0 Å². The number of hydrogen-bond acceptors (Lipinski definition) is 1. The van der Waals surface area contributed by atoms with E-state index in [9.17, 15) is 22.0 Å². The smallest absolute Gasteiger partial charge is 0.416 e. The Morgan fingerprint density at radius 1 is 1.20 bits per heavy atom. The van der Waals surface area contributed by atoms with Gasteiger partial charge in [0, 0.05) is 0 Å². The Kier molecular flexibility index (Phi) is 3.54. The predicted molar refractivity (Wildman–Crippen MR) is 45.8 cm³/mol. The SMILES string of the molecule is FC(F)Oc1cc(C(F)(F)F)ccc1Br. The molecule has 0 fully saturated rings. The minimum absolute atomic E-state index is 0.0378. The molecule has 0 aliphatic rings. The molecule has 0 radical (unpaired) electrons. The molecule has 15 heavy (non-hydrogen) atoms. The first kappa shape index (κ1) is 12.2. The van der Waals surface area contributed by atoms with Crippen LogP contribution in [-0.2, 0) is 6.18 Å². The molecule has 1 aromatic carbocycles. The van der Waals surface area contributed by atoms with Crippen LogP contribution < -0.4 is 4.74 Å². The van der Waals surface area contributed by atoms with Gasteiger partial charge in [0.2, 0.25) is 0 Å². The van der Waals surface area contributed by atoms with Crippen LogP contribution in [0.15, 0.2) is 22.7 Å². The minimum atomic E-state index is -4.58. The van der Waals surface area contributed by atoms with Crippen LogP contribution in [0.1, 0.15) is 5.56 Å². The van der Waals surface area contributed by atoms with Gasteiger partial charge in [-0.05, 0) is 34.1 Å². The molecule has 1 aromatic rings. The Bertz CT molecular complexity index is 349. The minimum Gasteiger partial charge on any atom is -0.434 e. The summed E-state index contributed by atoms with van der Waals surface area (Å²) in [5.74, 6) is -0.542. The summed E-state index contributed by atoms with van der Waals surface area (Å²) in [5, 5.41) is 0. The molecule has 0 amide bonds. The van der Waals surface area contributed by atoms with Gasteiger partial charge < -0.3 is 4.74 Å². The van der Waals surface area contributed by atoms with Gasteiger partial charge in [0.05, 0.1) is 10.0 Å². The standard InChI is InChI=1S/C8H4BrF5O/c9-5-2-1-4(8(12,13)14)3-6(5)15-7(10)11/h1-3,7H. The molecule has 0 N–H and O–H groups in total. The lowest BCUT2D eigenvalue weighted by molar-refractivity contribution is -0.138. The van der Waals surface area contributed by atoms with E-state index in [0.717, 1.165) is 12.1 Å². The summed E-state index contributed by atoms with van der Waals surface area (Å²) in [6.07, 6.45) is -4.58. The first-order chi connectivity index (χ1) is 6.80. The second kappa shape index (κ2) is 4.34. The average molecular weight is 291 g/mol. The molecule has 0 aromatic heterocycles. The molecule has 0 unspecified atom stereocenters. The van der Waals surface area contributed by atoms with Gasteiger partial charge >= 0.3 is 12.8 Å². The lowest BCUT2D eigenvalue weighted by Crippen LogP contribution is -2.07. The third kappa shape index (κ3) is 3.33. The Morgan fingerprint density at radius 2 is 1.80 bits per heavy atom. The van der Waals surface area contributed by atoms with Crippen LogP contribution in [-0.4, -0.2) is 6.61 Å². The Morgan fingerprint density at radius 3 is 2.27 bits per heavy atom. The Balaban J connectivity index is 3.06. The van der Waals surface area contributed by atoms with Gasteiger partial charge in [0.1, 0.15) is 5.75 Å². The largest absolute Gasteiger partial charge is 0.434 e. The van der Waals surface area contributed by atoms with E-state index < -0.39 is 24.1 Å². The van der Waals surface area contributed by atoms with Crippen LogP contribution in [0, 0.1) is 0 Å². The van der Waals surface area contributed by atoms with Crippen LogP contribution in [0.2, 0.25) is 0 Å². The monoisotopic (exact) mass is 290 g/mol. The van der Waals surface area contributed by atoms with Crippen LogP contribution in [0.25, 0.3) is 0 Å². The number of alkyl halides is 5. The third-order valence-electron chi connectivity index (χ3n) is 1.47.